The van der Waals surface area contributed by atoms with Gasteiger partial charge in [-0.05, 0) is 0 Å². The van der Waals surface area contributed by atoms with Gasteiger partial charge in [-0.1, -0.05) is 0 Å². The van der Waals surface area contributed by atoms with Crippen LogP contribution in [0.2, 0.25) is 0 Å². The van der Waals surface area contributed by atoms with Gasteiger partial charge in [0.15, 0.2) is 11.6 Å². The van der Waals surface area contributed by atoms with E-state index in [1.807, 2.05) is 0 Å². The maximum Gasteiger partial charge on any atom is 0.271 e. The Morgan fingerprint density at radius 1 is 1.62 bits per heavy atom. The molecule has 0 amide bonds. The van der Waals surface area contributed by atoms with E-state index in [1.54, 1.807) is 0 Å². The molecule has 0 aliphatic rings. The van der Waals surface area contributed by atoms with E-state index in [1.165, 1.54) is 7.11 Å². The summed E-state index contributed by atoms with van der Waals surface area (Å²) in [5.74, 6) is -1.08. The number of hydrogen-bond acceptors (Lipinski definition) is 4. The monoisotopic (exact) mass is 190 g/mol. The first-order valence-electron chi connectivity index (χ1n) is 3.37. The molecule has 0 fully saturated rings. The Bertz CT molecular complexity index is 318. The number of nitrogens with two attached hydrogens (primary N) is 1. The summed E-state index contributed by atoms with van der Waals surface area (Å²) in [6.45, 7) is 0. The number of nitrogen functional groups attached to an aromatic ring is 1. The van der Waals surface area contributed by atoms with Crippen molar-refractivity contribution < 1.29 is 18.6 Å². The van der Waals surface area contributed by atoms with Gasteiger partial charge >= 0.3 is 0 Å². The quantitative estimate of drug-likeness (QED) is 0.737. The third-order valence-electron chi connectivity index (χ3n) is 1.50. The van der Waals surface area contributed by atoms with E-state index in [9.17, 15) is 8.78 Å². The van der Waals surface area contributed by atoms with Crippen molar-refractivity contribution in [2.45, 2.75) is 6.43 Å². The summed E-state index contributed by atoms with van der Waals surface area (Å²) in [5, 5.41) is 9.04. The lowest BCUT2D eigenvalue weighted by Crippen LogP contribution is -2.00. The standard InChI is InChI=1S/C7H8F2N2O2/c1-13-5-4(6(8)9)3(12)2-11-7(5)10/h2,6,12H,1H3,(H2,10,11). The van der Waals surface area contributed by atoms with Crippen LogP contribution in [0.1, 0.15) is 12.0 Å². The number of alkyl halides is 2. The minimum atomic E-state index is -2.85. The van der Waals surface area contributed by atoms with Crippen LogP contribution in [0, 0.1) is 0 Å². The van der Waals surface area contributed by atoms with Crippen LogP contribution in [0.15, 0.2) is 6.20 Å². The molecule has 0 spiro atoms. The van der Waals surface area contributed by atoms with E-state index in [0.29, 0.717) is 0 Å². The number of ether oxygens (including phenoxy) is 1. The second kappa shape index (κ2) is 3.42. The fourth-order valence-electron chi connectivity index (χ4n) is 0.939. The smallest absolute Gasteiger partial charge is 0.271 e. The van der Waals surface area contributed by atoms with Gasteiger partial charge in [-0.3, -0.25) is 0 Å². The minimum absolute atomic E-state index is 0.171. The fourth-order valence-corrected chi connectivity index (χ4v) is 0.939. The molecule has 0 aliphatic carbocycles. The predicted molar refractivity (Wildman–Crippen MR) is 41.8 cm³/mol. The third kappa shape index (κ3) is 1.61. The number of pyridine rings is 1. The zero-order valence-corrected chi connectivity index (χ0v) is 6.79. The van der Waals surface area contributed by atoms with Crippen LogP contribution in [0.5, 0.6) is 11.5 Å². The van der Waals surface area contributed by atoms with Gasteiger partial charge in [0.1, 0.15) is 11.3 Å². The molecule has 0 saturated heterocycles. The molecule has 0 aliphatic heterocycles. The molecule has 3 N–H and O–H groups in total. The van der Waals surface area contributed by atoms with Crippen LogP contribution in [-0.2, 0) is 0 Å². The number of aromatic nitrogens is 1. The lowest BCUT2D eigenvalue weighted by molar-refractivity contribution is 0.143. The molecular weight excluding hydrogens is 182 g/mol. The van der Waals surface area contributed by atoms with Gasteiger partial charge < -0.3 is 15.6 Å². The molecule has 0 bridgehead atoms. The minimum Gasteiger partial charge on any atom is -0.506 e. The SMILES string of the molecule is COc1c(N)ncc(O)c1C(F)F. The zero-order valence-electron chi connectivity index (χ0n) is 6.79. The van der Waals surface area contributed by atoms with Gasteiger partial charge in [0, 0.05) is 0 Å². The van der Waals surface area contributed by atoms with Crippen molar-refractivity contribution in [3.05, 3.63) is 11.8 Å². The number of halogens is 2. The topological polar surface area (TPSA) is 68.4 Å². The van der Waals surface area contributed by atoms with Gasteiger partial charge in [0.25, 0.3) is 6.43 Å². The molecule has 0 atom stereocenters. The second-order valence-corrected chi connectivity index (χ2v) is 2.28. The van der Waals surface area contributed by atoms with Gasteiger partial charge in [-0.15, -0.1) is 0 Å². The molecule has 6 heteroatoms. The van der Waals surface area contributed by atoms with E-state index in [2.05, 4.69) is 9.72 Å². The summed E-state index contributed by atoms with van der Waals surface area (Å²) in [7, 11) is 1.18. The lowest BCUT2D eigenvalue weighted by Gasteiger charge is -2.10. The Kier molecular flexibility index (Phi) is 2.50. The number of anilines is 1. The molecule has 1 heterocycles. The van der Waals surface area contributed by atoms with E-state index >= 15 is 0 Å². The van der Waals surface area contributed by atoms with Gasteiger partial charge in [-0.25, -0.2) is 13.8 Å². The average molecular weight is 190 g/mol. The van der Waals surface area contributed by atoms with E-state index < -0.39 is 17.7 Å². The molecular formula is C7H8F2N2O2. The van der Waals surface area contributed by atoms with Crippen molar-refractivity contribution in [2.75, 3.05) is 12.8 Å². The number of aromatic hydroxyl groups is 1. The number of nitrogens with zero attached hydrogens (tertiary/aromatic N) is 1. The van der Waals surface area contributed by atoms with Gasteiger partial charge in [0.2, 0.25) is 0 Å². The lowest BCUT2D eigenvalue weighted by atomic mass is 10.2. The molecule has 1 rings (SSSR count). The molecule has 0 unspecified atom stereocenters. The first kappa shape index (κ1) is 9.50. The normalized spacial score (nSPS) is 10.5. The van der Waals surface area contributed by atoms with Crippen molar-refractivity contribution >= 4 is 5.82 Å². The molecule has 13 heavy (non-hydrogen) atoms. The van der Waals surface area contributed by atoms with Crippen molar-refractivity contribution in [1.82, 2.24) is 4.98 Å². The Hall–Kier alpha value is -1.59. The summed E-state index contributed by atoms with van der Waals surface area (Å²) < 4.78 is 29.3. The van der Waals surface area contributed by atoms with Gasteiger partial charge in [-0.2, -0.15) is 0 Å². The van der Waals surface area contributed by atoms with Crippen LogP contribution in [0.4, 0.5) is 14.6 Å². The van der Waals surface area contributed by atoms with Crippen LogP contribution < -0.4 is 10.5 Å². The summed E-state index contributed by atoms with van der Waals surface area (Å²) in [6, 6.07) is 0. The molecule has 0 aromatic carbocycles. The Morgan fingerprint density at radius 2 is 2.23 bits per heavy atom. The van der Waals surface area contributed by atoms with Crippen LogP contribution in [-0.4, -0.2) is 17.2 Å². The largest absolute Gasteiger partial charge is 0.506 e. The van der Waals surface area contributed by atoms with Crippen molar-refractivity contribution in [2.24, 2.45) is 0 Å². The Balaban J connectivity index is 3.35. The predicted octanol–water partition coefficient (Wildman–Crippen LogP) is 1.32. The van der Waals surface area contributed by atoms with Crippen LogP contribution >= 0.6 is 0 Å². The number of hydrogen-bond donors (Lipinski definition) is 2. The highest BCUT2D eigenvalue weighted by Crippen LogP contribution is 2.38. The second-order valence-electron chi connectivity index (χ2n) is 2.28. The summed E-state index contributed by atoms with van der Waals surface area (Å²) in [5.41, 5.74) is 4.63. The highest BCUT2D eigenvalue weighted by molar-refractivity contribution is 5.56. The highest BCUT2D eigenvalue weighted by atomic mass is 19.3. The molecule has 0 radical (unpaired) electrons. The fraction of sp³-hybridized carbons (Fsp3) is 0.286. The number of rotatable bonds is 2. The first-order valence-corrected chi connectivity index (χ1v) is 3.37. The van der Waals surface area contributed by atoms with Crippen LogP contribution in [0.3, 0.4) is 0 Å². The Labute approximate surface area is 73.0 Å². The molecule has 0 saturated carbocycles. The van der Waals surface area contributed by atoms with Crippen molar-refractivity contribution in [1.29, 1.82) is 0 Å². The molecule has 4 nitrogen and oxygen atoms in total. The molecule has 72 valence electrons. The summed E-state index contributed by atoms with van der Waals surface area (Å²) >= 11 is 0. The highest BCUT2D eigenvalue weighted by Gasteiger charge is 2.21. The average Bonchev–Trinajstić information content (AvgIpc) is 2.07. The van der Waals surface area contributed by atoms with E-state index in [0.717, 1.165) is 6.20 Å². The zero-order chi connectivity index (χ0) is 10.0. The van der Waals surface area contributed by atoms with E-state index in [4.69, 9.17) is 10.8 Å². The molecule has 1 aromatic rings. The maximum absolute atomic E-state index is 12.3. The van der Waals surface area contributed by atoms with Crippen molar-refractivity contribution in [3.8, 4) is 11.5 Å². The van der Waals surface area contributed by atoms with E-state index in [-0.39, 0.29) is 11.6 Å². The first-order chi connectivity index (χ1) is 6.07. The maximum atomic E-state index is 12.3. The van der Waals surface area contributed by atoms with Crippen molar-refractivity contribution in [3.63, 3.8) is 0 Å². The van der Waals surface area contributed by atoms with Crippen LogP contribution in [0.25, 0.3) is 0 Å². The van der Waals surface area contributed by atoms with Gasteiger partial charge in [0.05, 0.1) is 13.3 Å². The molecule has 1 aromatic heterocycles. The third-order valence-corrected chi connectivity index (χ3v) is 1.50. The summed E-state index contributed by atoms with van der Waals surface area (Å²) in [6.07, 6.45) is -1.99. The Morgan fingerprint density at radius 3 is 2.62 bits per heavy atom. The summed E-state index contributed by atoms with van der Waals surface area (Å²) in [4.78, 5) is 3.46. The number of methoxy groups -OCH3 is 1.